The third-order valence-electron chi connectivity index (χ3n) is 5.22. The van der Waals surface area contributed by atoms with Gasteiger partial charge in [0.1, 0.15) is 0 Å². The summed E-state index contributed by atoms with van der Waals surface area (Å²) in [6, 6.07) is 8.31. The molecule has 3 amide bonds. The number of nitro benzene ring substituents is 1. The molecule has 0 bridgehead atoms. The molecule has 3 rings (SSSR count). The van der Waals surface area contributed by atoms with Crippen molar-refractivity contribution in [2.75, 3.05) is 22.1 Å². The number of carbonyl (C=O) groups is 3. The fraction of sp³-hybridized carbons (Fsp3) is 0.318. The number of hydrogen-bond donors (Lipinski definition) is 2. The maximum Gasteiger partial charge on any atom is 0.306 e. The number of rotatable bonds is 6. The van der Waals surface area contributed by atoms with Gasteiger partial charge in [0, 0.05) is 36.3 Å². The molecule has 2 aromatic rings. The molecular formula is C22H23FN4O5. The fourth-order valence-electron chi connectivity index (χ4n) is 3.30. The zero-order valence-corrected chi connectivity index (χ0v) is 17.8. The molecule has 1 fully saturated rings. The Morgan fingerprint density at radius 2 is 1.91 bits per heavy atom. The number of anilines is 3. The van der Waals surface area contributed by atoms with Crippen molar-refractivity contribution in [2.45, 2.75) is 27.2 Å². The lowest BCUT2D eigenvalue weighted by molar-refractivity contribution is -0.387. The van der Waals surface area contributed by atoms with Crippen molar-refractivity contribution in [3.05, 3.63) is 57.9 Å². The van der Waals surface area contributed by atoms with Crippen molar-refractivity contribution in [1.29, 1.82) is 0 Å². The Bertz CT molecular complexity index is 1100. The van der Waals surface area contributed by atoms with Gasteiger partial charge in [-0.3, -0.25) is 24.5 Å². The summed E-state index contributed by atoms with van der Waals surface area (Å²) in [4.78, 5) is 48.5. The molecule has 2 aromatic carbocycles. The Labute approximate surface area is 183 Å². The Morgan fingerprint density at radius 1 is 1.19 bits per heavy atom. The van der Waals surface area contributed by atoms with E-state index in [9.17, 15) is 28.9 Å². The molecule has 1 saturated heterocycles. The Balaban J connectivity index is 1.73. The van der Waals surface area contributed by atoms with Crippen molar-refractivity contribution >= 4 is 40.5 Å². The monoisotopic (exact) mass is 442 g/mol. The van der Waals surface area contributed by atoms with Gasteiger partial charge in [-0.05, 0) is 36.8 Å². The molecule has 9 nitrogen and oxygen atoms in total. The summed E-state index contributed by atoms with van der Waals surface area (Å²) in [7, 11) is 0. The number of halogens is 1. The van der Waals surface area contributed by atoms with E-state index < -0.39 is 28.3 Å². The number of benzene rings is 2. The number of nitrogens with zero attached hydrogens (tertiary/aromatic N) is 2. The molecule has 0 saturated carbocycles. The number of hydrogen-bond acceptors (Lipinski definition) is 5. The molecular weight excluding hydrogens is 419 g/mol. The van der Waals surface area contributed by atoms with E-state index in [1.54, 1.807) is 39.0 Å². The van der Waals surface area contributed by atoms with E-state index in [2.05, 4.69) is 10.6 Å². The third-order valence-corrected chi connectivity index (χ3v) is 5.22. The van der Waals surface area contributed by atoms with E-state index in [4.69, 9.17) is 0 Å². The number of nitro groups is 1. The molecule has 1 aliphatic heterocycles. The van der Waals surface area contributed by atoms with Crippen LogP contribution in [0.25, 0.3) is 0 Å². The van der Waals surface area contributed by atoms with Crippen LogP contribution >= 0.6 is 0 Å². The molecule has 168 valence electrons. The highest BCUT2D eigenvalue weighted by molar-refractivity contribution is 6.04. The summed E-state index contributed by atoms with van der Waals surface area (Å²) in [5, 5.41) is 16.5. The standard InChI is InChI=1S/C22H23FN4O5/c1-12(2)21(29)24-15-5-4-13(3)18(9-15)25-22(30)14-8-20(28)26(11-14)16-6-7-17(23)19(10-16)27(31)32/h4-7,9-10,12,14H,8,11H2,1-3H3,(H,24,29)(H,25,30). The lowest BCUT2D eigenvalue weighted by Crippen LogP contribution is -2.28. The molecule has 0 spiro atoms. The van der Waals surface area contributed by atoms with Crippen LogP contribution in [0.1, 0.15) is 25.8 Å². The van der Waals surface area contributed by atoms with Gasteiger partial charge in [-0.1, -0.05) is 19.9 Å². The number of carbonyl (C=O) groups excluding carboxylic acids is 3. The SMILES string of the molecule is Cc1ccc(NC(=O)C(C)C)cc1NC(=O)C1CC(=O)N(c2ccc(F)c([N+](=O)[O-])c2)C1. The van der Waals surface area contributed by atoms with Gasteiger partial charge < -0.3 is 15.5 Å². The van der Waals surface area contributed by atoms with Crippen molar-refractivity contribution in [2.24, 2.45) is 11.8 Å². The van der Waals surface area contributed by atoms with Crippen molar-refractivity contribution in [3.8, 4) is 0 Å². The second kappa shape index (κ2) is 9.13. The molecule has 32 heavy (non-hydrogen) atoms. The highest BCUT2D eigenvalue weighted by Gasteiger charge is 2.36. The minimum atomic E-state index is -1.00. The average Bonchev–Trinajstić information content (AvgIpc) is 3.12. The molecule has 1 unspecified atom stereocenters. The smallest absolute Gasteiger partial charge is 0.306 e. The normalized spacial score (nSPS) is 15.7. The van der Waals surface area contributed by atoms with Gasteiger partial charge in [0.2, 0.25) is 23.5 Å². The van der Waals surface area contributed by atoms with Crippen LogP contribution in [-0.2, 0) is 14.4 Å². The second-order valence-electron chi connectivity index (χ2n) is 7.96. The van der Waals surface area contributed by atoms with Crippen LogP contribution in [0.4, 0.5) is 27.1 Å². The quantitative estimate of drug-likeness (QED) is 0.523. The third kappa shape index (κ3) is 4.90. The first-order chi connectivity index (χ1) is 15.1. The summed E-state index contributed by atoms with van der Waals surface area (Å²) >= 11 is 0. The number of aryl methyl sites for hydroxylation is 1. The molecule has 0 aromatic heterocycles. The van der Waals surface area contributed by atoms with Crippen LogP contribution in [0.2, 0.25) is 0 Å². The zero-order valence-electron chi connectivity index (χ0n) is 17.8. The molecule has 1 atom stereocenters. The van der Waals surface area contributed by atoms with E-state index in [1.807, 2.05) is 0 Å². The largest absolute Gasteiger partial charge is 0.326 e. The first kappa shape index (κ1) is 22.9. The van der Waals surface area contributed by atoms with Gasteiger partial charge >= 0.3 is 5.69 Å². The van der Waals surface area contributed by atoms with Crippen molar-refractivity contribution in [1.82, 2.24) is 0 Å². The molecule has 1 aliphatic rings. The fourth-order valence-corrected chi connectivity index (χ4v) is 3.30. The highest BCUT2D eigenvalue weighted by Crippen LogP contribution is 2.30. The summed E-state index contributed by atoms with van der Waals surface area (Å²) in [5.41, 5.74) is 1.23. The maximum absolute atomic E-state index is 13.6. The van der Waals surface area contributed by atoms with E-state index in [0.717, 1.165) is 17.7 Å². The summed E-state index contributed by atoms with van der Waals surface area (Å²) < 4.78 is 13.6. The van der Waals surface area contributed by atoms with Crippen LogP contribution < -0.4 is 15.5 Å². The lowest BCUT2D eigenvalue weighted by atomic mass is 10.1. The Morgan fingerprint density at radius 3 is 2.56 bits per heavy atom. The summed E-state index contributed by atoms with van der Waals surface area (Å²) in [5.74, 6) is -2.84. The Kier molecular flexibility index (Phi) is 6.52. The second-order valence-corrected chi connectivity index (χ2v) is 7.96. The van der Waals surface area contributed by atoms with Crippen LogP contribution in [0, 0.1) is 34.7 Å². The zero-order chi connectivity index (χ0) is 23.6. The predicted octanol–water partition coefficient (Wildman–Crippen LogP) is 3.63. The minimum Gasteiger partial charge on any atom is -0.326 e. The van der Waals surface area contributed by atoms with Crippen molar-refractivity contribution in [3.63, 3.8) is 0 Å². The van der Waals surface area contributed by atoms with Gasteiger partial charge in [0.15, 0.2) is 0 Å². The number of amides is 3. The van der Waals surface area contributed by atoms with Gasteiger partial charge in [-0.15, -0.1) is 0 Å². The van der Waals surface area contributed by atoms with Gasteiger partial charge in [0.05, 0.1) is 16.5 Å². The first-order valence-electron chi connectivity index (χ1n) is 10.0. The van der Waals surface area contributed by atoms with Crippen LogP contribution in [0.3, 0.4) is 0 Å². The maximum atomic E-state index is 13.6. The molecule has 0 aliphatic carbocycles. The average molecular weight is 442 g/mol. The Hall–Kier alpha value is -3.82. The topological polar surface area (TPSA) is 122 Å². The molecule has 2 N–H and O–H groups in total. The first-order valence-corrected chi connectivity index (χ1v) is 10.0. The van der Waals surface area contributed by atoms with E-state index >= 15 is 0 Å². The van der Waals surface area contributed by atoms with Crippen LogP contribution in [0.15, 0.2) is 36.4 Å². The van der Waals surface area contributed by atoms with Gasteiger partial charge in [-0.2, -0.15) is 4.39 Å². The minimum absolute atomic E-state index is 0.0102. The number of nitrogens with one attached hydrogen (secondary N) is 2. The van der Waals surface area contributed by atoms with E-state index in [1.165, 1.54) is 11.0 Å². The van der Waals surface area contributed by atoms with Gasteiger partial charge in [0.25, 0.3) is 0 Å². The summed E-state index contributed by atoms with van der Waals surface area (Å²) in [6.45, 7) is 5.35. The molecule has 1 heterocycles. The van der Waals surface area contributed by atoms with Crippen molar-refractivity contribution < 1.29 is 23.7 Å². The van der Waals surface area contributed by atoms with Crippen LogP contribution in [0.5, 0.6) is 0 Å². The van der Waals surface area contributed by atoms with Gasteiger partial charge in [-0.25, -0.2) is 0 Å². The lowest BCUT2D eigenvalue weighted by Gasteiger charge is -2.17. The van der Waals surface area contributed by atoms with Crippen LogP contribution in [-0.4, -0.2) is 29.2 Å². The highest BCUT2D eigenvalue weighted by atomic mass is 19.1. The summed E-state index contributed by atoms with van der Waals surface area (Å²) in [6.07, 6.45) is -0.0835. The molecule has 10 heteroatoms. The van der Waals surface area contributed by atoms with E-state index in [0.29, 0.717) is 11.4 Å². The predicted molar refractivity (Wildman–Crippen MR) is 117 cm³/mol. The van der Waals surface area contributed by atoms with E-state index in [-0.39, 0.29) is 36.4 Å². The molecule has 0 radical (unpaired) electrons.